The SMILES string of the molecule is NC(=O)CCN(C(=O)CN1CCCc2ccccc21)c1ccccc1. The molecule has 0 atom stereocenters. The van der Waals surface area contributed by atoms with Crippen molar-refractivity contribution in [1.29, 1.82) is 0 Å². The molecule has 0 bridgehead atoms. The van der Waals surface area contributed by atoms with E-state index in [0.717, 1.165) is 30.8 Å². The first-order chi connectivity index (χ1) is 12.1. The maximum absolute atomic E-state index is 13.0. The van der Waals surface area contributed by atoms with Crippen LogP contribution in [0.15, 0.2) is 54.6 Å². The number of rotatable bonds is 6. The first kappa shape index (κ1) is 17.0. The number of fused-ring (bicyclic) bond motifs is 1. The van der Waals surface area contributed by atoms with Gasteiger partial charge in [-0.2, -0.15) is 0 Å². The van der Waals surface area contributed by atoms with E-state index in [4.69, 9.17) is 5.73 Å². The maximum Gasteiger partial charge on any atom is 0.246 e. The number of carbonyl (C=O) groups is 2. The van der Waals surface area contributed by atoms with E-state index in [0.29, 0.717) is 13.1 Å². The number of primary amides is 1. The minimum absolute atomic E-state index is 0.0239. The lowest BCUT2D eigenvalue weighted by atomic mass is 10.0. The van der Waals surface area contributed by atoms with Crippen LogP contribution in [0.2, 0.25) is 0 Å². The van der Waals surface area contributed by atoms with Crippen LogP contribution in [0.5, 0.6) is 0 Å². The van der Waals surface area contributed by atoms with Gasteiger partial charge in [-0.15, -0.1) is 0 Å². The van der Waals surface area contributed by atoms with Crippen LogP contribution < -0.4 is 15.5 Å². The Bertz CT molecular complexity index is 746. The van der Waals surface area contributed by atoms with Gasteiger partial charge in [-0.25, -0.2) is 0 Å². The molecule has 0 aromatic heterocycles. The summed E-state index contributed by atoms with van der Waals surface area (Å²) >= 11 is 0. The van der Waals surface area contributed by atoms with E-state index in [1.807, 2.05) is 42.5 Å². The first-order valence-corrected chi connectivity index (χ1v) is 8.62. The molecule has 0 radical (unpaired) electrons. The van der Waals surface area contributed by atoms with Crippen molar-refractivity contribution in [3.05, 3.63) is 60.2 Å². The number of benzene rings is 2. The zero-order valence-corrected chi connectivity index (χ0v) is 14.2. The summed E-state index contributed by atoms with van der Waals surface area (Å²) in [5, 5.41) is 0. The van der Waals surface area contributed by atoms with Crippen molar-refractivity contribution in [3.63, 3.8) is 0 Å². The van der Waals surface area contributed by atoms with Crippen molar-refractivity contribution in [2.45, 2.75) is 19.3 Å². The van der Waals surface area contributed by atoms with Crippen LogP contribution in [0.3, 0.4) is 0 Å². The van der Waals surface area contributed by atoms with Gasteiger partial charge in [-0.1, -0.05) is 36.4 Å². The Hall–Kier alpha value is -2.82. The first-order valence-electron chi connectivity index (χ1n) is 8.62. The molecule has 25 heavy (non-hydrogen) atoms. The molecule has 2 aromatic rings. The summed E-state index contributed by atoms with van der Waals surface area (Å²) in [6.07, 6.45) is 2.24. The summed E-state index contributed by atoms with van der Waals surface area (Å²) < 4.78 is 0. The van der Waals surface area contributed by atoms with E-state index in [9.17, 15) is 9.59 Å². The molecule has 0 fully saturated rings. The van der Waals surface area contributed by atoms with E-state index in [1.165, 1.54) is 5.56 Å². The molecule has 2 aromatic carbocycles. The van der Waals surface area contributed by atoms with Crippen LogP contribution in [0.4, 0.5) is 11.4 Å². The molecule has 3 rings (SSSR count). The van der Waals surface area contributed by atoms with Gasteiger partial charge in [0.2, 0.25) is 11.8 Å². The predicted octanol–water partition coefficient (Wildman–Crippen LogP) is 2.35. The fraction of sp³-hybridized carbons (Fsp3) is 0.300. The predicted molar refractivity (Wildman–Crippen MR) is 99.6 cm³/mol. The minimum atomic E-state index is -0.406. The maximum atomic E-state index is 13.0. The van der Waals surface area contributed by atoms with E-state index in [2.05, 4.69) is 17.0 Å². The largest absolute Gasteiger partial charge is 0.370 e. The second-order valence-electron chi connectivity index (χ2n) is 6.25. The second kappa shape index (κ2) is 7.83. The van der Waals surface area contributed by atoms with Gasteiger partial charge in [-0.3, -0.25) is 9.59 Å². The Morgan fingerprint density at radius 1 is 1.04 bits per heavy atom. The Morgan fingerprint density at radius 2 is 1.76 bits per heavy atom. The molecule has 0 saturated heterocycles. The highest BCUT2D eigenvalue weighted by Gasteiger charge is 2.23. The number of hydrogen-bond donors (Lipinski definition) is 1. The van der Waals surface area contributed by atoms with Crippen molar-refractivity contribution in [1.82, 2.24) is 0 Å². The number of aryl methyl sites for hydroxylation is 1. The molecule has 0 spiro atoms. The molecular weight excluding hydrogens is 314 g/mol. The third-order valence-corrected chi connectivity index (χ3v) is 4.48. The number of amides is 2. The molecule has 0 aliphatic carbocycles. The van der Waals surface area contributed by atoms with Gasteiger partial charge in [-0.05, 0) is 36.6 Å². The van der Waals surface area contributed by atoms with E-state index in [1.54, 1.807) is 4.90 Å². The second-order valence-corrected chi connectivity index (χ2v) is 6.25. The van der Waals surface area contributed by atoms with Gasteiger partial charge in [0.25, 0.3) is 0 Å². The van der Waals surface area contributed by atoms with Crippen LogP contribution in [-0.2, 0) is 16.0 Å². The Morgan fingerprint density at radius 3 is 2.52 bits per heavy atom. The van der Waals surface area contributed by atoms with Gasteiger partial charge in [0.05, 0.1) is 6.54 Å². The molecule has 1 aliphatic rings. The molecular formula is C20H23N3O2. The third kappa shape index (κ3) is 4.18. The lowest BCUT2D eigenvalue weighted by Crippen LogP contribution is -2.43. The van der Waals surface area contributed by atoms with Gasteiger partial charge < -0.3 is 15.5 Å². The Balaban J connectivity index is 1.78. The van der Waals surface area contributed by atoms with Crippen LogP contribution in [-0.4, -0.2) is 31.4 Å². The van der Waals surface area contributed by atoms with Crippen LogP contribution >= 0.6 is 0 Å². The van der Waals surface area contributed by atoms with Crippen molar-refractivity contribution in [3.8, 4) is 0 Å². The zero-order valence-electron chi connectivity index (χ0n) is 14.2. The number of nitrogens with two attached hydrogens (primary N) is 1. The Labute approximate surface area is 148 Å². The number of para-hydroxylation sites is 2. The van der Waals surface area contributed by atoms with Gasteiger partial charge in [0.1, 0.15) is 0 Å². The quantitative estimate of drug-likeness (QED) is 0.880. The summed E-state index contributed by atoms with van der Waals surface area (Å²) in [5.41, 5.74) is 8.48. The average molecular weight is 337 g/mol. The molecule has 2 N–H and O–H groups in total. The molecule has 1 aliphatic heterocycles. The van der Waals surface area contributed by atoms with Crippen molar-refractivity contribution >= 4 is 23.2 Å². The van der Waals surface area contributed by atoms with Gasteiger partial charge in [0.15, 0.2) is 0 Å². The summed E-state index contributed by atoms with van der Waals surface area (Å²) in [5.74, 6) is -0.429. The fourth-order valence-electron chi connectivity index (χ4n) is 3.25. The number of anilines is 2. The zero-order chi connectivity index (χ0) is 17.6. The highest BCUT2D eigenvalue weighted by molar-refractivity contribution is 5.97. The molecule has 0 unspecified atom stereocenters. The van der Waals surface area contributed by atoms with E-state index in [-0.39, 0.29) is 12.3 Å². The van der Waals surface area contributed by atoms with Gasteiger partial charge in [0, 0.05) is 30.9 Å². The molecule has 130 valence electrons. The smallest absolute Gasteiger partial charge is 0.246 e. The summed E-state index contributed by atoms with van der Waals surface area (Å²) in [6.45, 7) is 1.46. The monoisotopic (exact) mass is 337 g/mol. The normalized spacial score (nSPS) is 13.2. The lowest BCUT2D eigenvalue weighted by Gasteiger charge is -2.33. The molecule has 5 heteroatoms. The molecule has 1 heterocycles. The Kier molecular flexibility index (Phi) is 5.33. The standard InChI is InChI=1S/C20H23N3O2/c21-19(24)12-14-23(17-9-2-1-3-10-17)20(25)15-22-13-6-8-16-7-4-5-11-18(16)22/h1-5,7,9-11H,6,8,12-15H2,(H2,21,24). The number of hydrogen-bond acceptors (Lipinski definition) is 3. The third-order valence-electron chi connectivity index (χ3n) is 4.48. The molecule has 2 amide bonds. The lowest BCUT2D eigenvalue weighted by molar-refractivity contribution is -0.118. The van der Waals surface area contributed by atoms with Gasteiger partial charge >= 0.3 is 0 Å². The summed E-state index contributed by atoms with van der Waals surface area (Å²) in [7, 11) is 0. The minimum Gasteiger partial charge on any atom is -0.370 e. The van der Waals surface area contributed by atoms with Crippen LogP contribution in [0.25, 0.3) is 0 Å². The van der Waals surface area contributed by atoms with Crippen LogP contribution in [0.1, 0.15) is 18.4 Å². The number of carbonyl (C=O) groups excluding carboxylic acids is 2. The summed E-state index contributed by atoms with van der Waals surface area (Å²) in [6, 6.07) is 17.7. The number of nitrogens with zero attached hydrogens (tertiary/aromatic N) is 2. The van der Waals surface area contributed by atoms with E-state index < -0.39 is 5.91 Å². The van der Waals surface area contributed by atoms with Crippen molar-refractivity contribution < 1.29 is 9.59 Å². The highest BCUT2D eigenvalue weighted by atomic mass is 16.2. The van der Waals surface area contributed by atoms with Crippen molar-refractivity contribution in [2.24, 2.45) is 5.73 Å². The average Bonchev–Trinajstić information content (AvgIpc) is 2.63. The molecule has 0 saturated carbocycles. The molecule has 5 nitrogen and oxygen atoms in total. The fourth-order valence-corrected chi connectivity index (χ4v) is 3.25. The van der Waals surface area contributed by atoms with E-state index >= 15 is 0 Å². The van der Waals surface area contributed by atoms with Crippen molar-refractivity contribution in [2.75, 3.05) is 29.4 Å². The highest BCUT2D eigenvalue weighted by Crippen LogP contribution is 2.27. The summed E-state index contributed by atoms with van der Waals surface area (Å²) in [4.78, 5) is 27.9. The topological polar surface area (TPSA) is 66.6 Å². The van der Waals surface area contributed by atoms with Crippen LogP contribution in [0, 0.1) is 0 Å².